The first-order chi connectivity index (χ1) is 15.1. The molecule has 9 nitrogen and oxygen atoms in total. The Morgan fingerprint density at radius 3 is 2.13 bits per heavy atom. The van der Waals surface area contributed by atoms with E-state index in [1.807, 2.05) is 30.3 Å². The summed E-state index contributed by atoms with van der Waals surface area (Å²) in [7, 11) is 0. The van der Waals surface area contributed by atoms with Crippen molar-refractivity contribution >= 4 is 17.3 Å². The molecule has 0 spiro atoms. The fourth-order valence-electron chi connectivity index (χ4n) is 2.74. The van der Waals surface area contributed by atoms with Crippen LogP contribution in [0.5, 0.6) is 5.75 Å². The molecule has 0 fully saturated rings. The highest BCUT2D eigenvalue weighted by Crippen LogP contribution is 2.25. The van der Waals surface area contributed by atoms with Crippen LogP contribution in [0, 0.1) is 10.1 Å². The number of ether oxygens (including phenoxy) is 1. The molecular weight excluding hydrogens is 400 g/mol. The quantitative estimate of drug-likeness (QED) is 0.352. The number of hydrogen-bond acceptors (Lipinski definition) is 7. The van der Waals surface area contributed by atoms with Crippen molar-refractivity contribution in [2.75, 3.05) is 11.9 Å². The Balaban J connectivity index is 1.33. The van der Waals surface area contributed by atoms with Crippen LogP contribution < -0.4 is 10.1 Å². The van der Waals surface area contributed by atoms with Gasteiger partial charge in [0.15, 0.2) is 6.61 Å². The van der Waals surface area contributed by atoms with E-state index in [-0.39, 0.29) is 18.2 Å². The standard InChI is InChI=1S/C22H16N4O5/c27-20(23-17-8-10-18(11-9-17)26(28)29)14-30-19-12-6-16(7-13-19)22-25-24-21(31-22)15-4-2-1-3-5-15/h1-13H,14H2,(H,23,27). The molecule has 4 rings (SSSR count). The van der Waals surface area contributed by atoms with Crippen LogP contribution in [0.15, 0.2) is 83.3 Å². The lowest BCUT2D eigenvalue weighted by molar-refractivity contribution is -0.384. The third-order valence-corrected chi connectivity index (χ3v) is 4.28. The number of anilines is 1. The number of nitro groups is 1. The summed E-state index contributed by atoms with van der Waals surface area (Å²) in [5, 5.41) is 21.4. The van der Waals surface area contributed by atoms with Crippen molar-refractivity contribution in [3.8, 4) is 28.7 Å². The molecule has 0 saturated heterocycles. The number of nitrogens with zero attached hydrogens (tertiary/aromatic N) is 3. The minimum absolute atomic E-state index is 0.0496. The van der Waals surface area contributed by atoms with Crippen LogP contribution in [-0.2, 0) is 4.79 Å². The van der Waals surface area contributed by atoms with Gasteiger partial charge in [0.05, 0.1) is 4.92 Å². The average molecular weight is 416 g/mol. The molecule has 3 aromatic carbocycles. The Kier molecular flexibility index (Phi) is 5.66. The van der Waals surface area contributed by atoms with Gasteiger partial charge in [0.25, 0.3) is 11.6 Å². The molecule has 154 valence electrons. The molecule has 1 N–H and O–H groups in total. The molecule has 0 saturated carbocycles. The Morgan fingerprint density at radius 2 is 1.52 bits per heavy atom. The minimum Gasteiger partial charge on any atom is -0.484 e. The fraction of sp³-hybridized carbons (Fsp3) is 0.0455. The highest BCUT2D eigenvalue weighted by Gasteiger charge is 2.11. The minimum atomic E-state index is -0.505. The summed E-state index contributed by atoms with van der Waals surface area (Å²) in [5.74, 6) is 0.910. The van der Waals surface area contributed by atoms with E-state index in [0.29, 0.717) is 23.2 Å². The third-order valence-electron chi connectivity index (χ3n) is 4.28. The van der Waals surface area contributed by atoms with Crippen molar-refractivity contribution in [2.45, 2.75) is 0 Å². The predicted octanol–water partition coefficient (Wildman–Crippen LogP) is 4.33. The molecule has 0 aliphatic carbocycles. The molecule has 31 heavy (non-hydrogen) atoms. The van der Waals surface area contributed by atoms with Gasteiger partial charge in [-0.2, -0.15) is 0 Å². The number of carbonyl (C=O) groups is 1. The summed E-state index contributed by atoms with van der Waals surface area (Å²) in [6, 6.07) is 21.9. The maximum atomic E-state index is 12.0. The fourth-order valence-corrected chi connectivity index (χ4v) is 2.74. The van der Waals surface area contributed by atoms with E-state index in [1.54, 1.807) is 24.3 Å². The smallest absolute Gasteiger partial charge is 0.269 e. The van der Waals surface area contributed by atoms with E-state index >= 15 is 0 Å². The molecule has 1 amide bonds. The highest BCUT2D eigenvalue weighted by atomic mass is 16.6. The Labute approximate surface area is 176 Å². The lowest BCUT2D eigenvalue weighted by Gasteiger charge is -2.07. The number of hydrogen-bond donors (Lipinski definition) is 1. The van der Waals surface area contributed by atoms with Gasteiger partial charge < -0.3 is 14.5 Å². The van der Waals surface area contributed by atoms with Gasteiger partial charge in [-0.25, -0.2) is 0 Å². The molecule has 9 heteroatoms. The molecule has 0 radical (unpaired) electrons. The van der Waals surface area contributed by atoms with Crippen molar-refractivity contribution in [3.05, 3.63) is 89.0 Å². The number of rotatable bonds is 7. The molecule has 1 heterocycles. The van der Waals surface area contributed by atoms with Crippen LogP contribution in [0.25, 0.3) is 22.9 Å². The highest BCUT2D eigenvalue weighted by molar-refractivity contribution is 5.91. The van der Waals surface area contributed by atoms with Gasteiger partial charge in [0, 0.05) is 28.9 Å². The van der Waals surface area contributed by atoms with E-state index in [4.69, 9.17) is 9.15 Å². The number of non-ortho nitro benzene ring substituents is 1. The Bertz CT molecular complexity index is 1190. The van der Waals surface area contributed by atoms with E-state index in [1.165, 1.54) is 24.3 Å². The first kappa shape index (κ1) is 19.8. The summed E-state index contributed by atoms with van der Waals surface area (Å²) in [5.41, 5.74) is 1.95. The second-order valence-corrected chi connectivity index (χ2v) is 6.44. The zero-order chi connectivity index (χ0) is 21.6. The van der Waals surface area contributed by atoms with Crippen molar-refractivity contribution in [2.24, 2.45) is 0 Å². The molecule has 0 unspecified atom stereocenters. The Morgan fingerprint density at radius 1 is 0.903 bits per heavy atom. The normalized spacial score (nSPS) is 10.5. The second-order valence-electron chi connectivity index (χ2n) is 6.44. The summed E-state index contributed by atoms with van der Waals surface area (Å²) >= 11 is 0. The molecular formula is C22H16N4O5. The van der Waals surface area contributed by atoms with Crippen molar-refractivity contribution in [1.82, 2.24) is 10.2 Å². The van der Waals surface area contributed by atoms with Crippen LogP contribution in [0.2, 0.25) is 0 Å². The maximum absolute atomic E-state index is 12.0. The zero-order valence-electron chi connectivity index (χ0n) is 16.1. The lowest BCUT2D eigenvalue weighted by atomic mass is 10.2. The molecule has 0 bridgehead atoms. The SMILES string of the molecule is O=C(COc1ccc(-c2nnc(-c3ccccc3)o2)cc1)Nc1ccc([N+](=O)[O-])cc1. The van der Waals surface area contributed by atoms with Gasteiger partial charge >= 0.3 is 0 Å². The van der Waals surface area contributed by atoms with Gasteiger partial charge in [0.1, 0.15) is 5.75 Å². The molecule has 0 aliphatic heterocycles. The van der Waals surface area contributed by atoms with Crippen molar-refractivity contribution in [3.63, 3.8) is 0 Å². The predicted molar refractivity (Wildman–Crippen MR) is 112 cm³/mol. The lowest BCUT2D eigenvalue weighted by Crippen LogP contribution is -2.20. The summed E-state index contributed by atoms with van der Waals surface area (Å²) in [4.78, 5) is 22.2. The van der Waals surface area contributed by atoms with Gasteiger partial charge in [-0.15, -0.1) is 10.2 Å². The van der Waals surface area contributed by atoms with Gasteiger partial charge in [-0.1, -0.05) is 18.2 Å². The first-order valence-corrected chi connectivity index (χ1v) is 9.25. The number of aromatic nitrogens is 2. The van der Waals surface area contributed by atoms with Gasteiger partial charge in [0.2, 0.25) is 11.8 Å². The van der Waals surface area contributed by atoms with Crippen LogP contribution in [0.3, 0.4) is 0 Å². The van der Waals surface area contributed by atoms with Crippen LogP contribution in [0.4, 0.5) is 11.4 Å². The van der Waals surface area contributed by atoms with Gasteiger partial charge in [-0.05, 0) is 48.5 Å². The largest absolute Gasteiger partial charge is 0.484 e. The van der Waals surface area contributed by atoms with Crippen LogP contribution in [0.1, 0.15) is 0 Å². The van der Waals surface area contributed by atoms with E-state index < -0.39 is 4.92 Å². The zero-order valence-corrected chi connectivity index (χ0v) is 16.1. The molecule has 1 aromatic heterocycles. The number of amides is 1. The maximum Gasteiger partial charge on any atom is 0.269 e. The third kappa shape index (κ3) is 4.91. The molecule has 0 atom stereocenters. The van der Waals surface area contributed by atoms with E-state index in [2.05, 4.69) is 15.5 Å². The number of carbonyl (C=O) groups excluding carboxylic acids is 1. The topological polar surface area (TPSA) is 120 Å². The Hall–Kier alpha value is -4.53. The molecule has 0 aliphatic rings. The van der Waals surface area contributed by atoms with Crippen LogP contribution in [-0.4, -0.2) is 27.6 Å². The van der Waals surface area contributed by atoms with E-state index in [0.717, 1.165) is 11.1 Å². The summed E-state index contributed by atoms with van der Waals surface area (Å²) in [6.07, 6.45) is 0. The second kappa shape index (κ2) is 8.87. The molecule has 4 aromatic rings. The number of nitrogens with one attached hydrogen (secondary N) is 1. The summed E-state index contributed by atoms with van der Waals surface area (Å²) in [6.45, 7) is -0.213. The van der Waals surface area contributed by atoms with Crippen LogP contribution >= 0.6 is 0 Å². The summed E-state index contributed by atoms with van der Waals surface area (Å²) < 4.78 is 11.2. The van der Waals surface area contributed by atoms with Gasteiger partial charge in [-0.3, -0.25) is 14.9 Å². The van der Waals surface area contributed by atoms with Crippen molar-refractivity contribution in [1.29, 1.82) is 0 Å². The average Bonchev–Trinajstić information content (AvgIpc) is 3.29. The first-order valence-electron chi connectivity index (χ1n) is 9.25. The number of benzene rings is 3. The monoisotopic (exact) mass is 416 g/mol. The van der Waals surface area contributed by atoms with E-state index in [9.17, 15) is 14.9 Å². The number of nitro benzene ring substituents is 1. The van der Waals surface area contributed by atoms with Crippen molar-refractivity contribution < 1.29 is 18.9 Å².